The summed E-state index contributed by atoms with van der Waals surface area (Å²) in [5.74, 6) is 0.246. The highest BCUT2D eigenvalue weighted by atomic mass is 32.1. The highest BCUT2D eigenvalue weighted by Gasteiger charge is 2.20. The van der Waals surface area contributed by atoms with Gasteiger partial charge >= 0.3 is 5.69 Å². The lowest BCUT2D eigenvalue weighted by atomic mass is 10.1. The number of para-hydroxylation sites is 1. The molecule has 6 nitrogen and oxygen atoms in total. The highest BCUT2D eigenvalue weighted by molar-refractivity contribution is 7.18. The van der Waals surface area contributed by atoms with E-state index >= 15 is 0 Å². The summed E-state index contributed by atoms with van der Waals surface area (Å²) in [5.41, 5.74) is 0.631. The van der Waals surface area contributed by atoms with Gasteiger partial charge in [0.05, 0.1) is 16.6 Å². The van der Waals surface area contributed by atoms with Crippen molar-refractivity contribution in [3.63, 3.8) is 0 Å². The standard InChI is InChI=1S/C21H21N3O3S/c1-12(2)11-24-20-14(19(26)23(3)21(24)27)10-17(28-20)18(25)16-9-8-13-6-4-5-7-15(13)22-16/h4-10,12,18,25H,11H2,1-3H3. The van der Waals surface area contributed by atoms with Crippen LogP contribution in [0.15, 0.2) is 52.1 Å². The van der Waals surface area contributed by atoms with Crippen molar-refractivity contribution in [3.8, 4) is 0 Å². The predicted molar refractivity (Wildman–Crippen MR) is 112 cm³/mol. The molecule has 1 unspecified atom stereocenters. The molecule has 144 valence electrons. The second-order valence-electron chi connectivity index (χ2n) is 7.35. The summed E-state index contributed by atoms with van der Waals surface area (Å²) in [6.45, 7) is 4.55. The summed E-state index contributed by atoms with van der Waals surface area (Å²) < 4.78 is 2.75. The van der Waals surface area contributed by atoms with Gasteiger partial charge in [0.25, 0.3) is 5.56 Å². The zero-order chi connectivity index (χ0) is 20.0. The first-order chi connectivity index (χ1) is 13.4. The van der Waals surface area contributed by atoms with Gasteiger partial charge in [-0.15, -0.1) is 11.3 Å². The average Bonchev–Trinajstić information content (AvgIpc) is 3.14. The summed E-state index contributed by atoms with van der Waals surface area (Å²) in [6.07, 6.45) is -0.964. The first kappa shape index (κ1) is 18.6. The maximum atomic E-state index is 12.6. The van der Waals surface area contributed by atoms with Gasteiger partial charge in [-0.25, -0.2) is 9.78 Å². The molecule has 4 rings (SSSR count). The number of pyridine rings is 1. The van der Waals surface area contributed by atoms with Crippen molar-refractivity contribution in [1.29, 1.82) is 0 Å². The number of thiophene rings is 1. The van der Waals surface area contributed by atoms with E-state index in [1.54, 1.807) is 16.7 Å². The fourth-order valence-corrected chi connectivity index (χ4v) is 4.48. The Morgan fingerprint density at radius 2 is 1.89 bits per heavy atom. The van der Waals surface area contributed by atoms with Crippen molar-refractivity contribution < 1.29 is 5.11 Å². The molecular formula is C21H21N3O3S. The predicted octanol–water partition coefficient (Wildman–Crippen LogP) is 3.05. The number of benzene rings is 1. The van der Waals surface area contributed by atoms with Crippen LogP contribution in [0.4, 0.5) is 0 Å². The van der Waals surface area contributed by atoms with E-state index in [1.807, 2.05) is 44.2 Å². The summed E-state index contributed by atoms with van der Waals surface area (Å²) >= 11 is 1.27. The Labute approximate surface area is 165 Å². The van der Waals surface area contributed by atoms with Gasteiger partial charge < -0.3 is 5.11 Å². The van der Waals surface area contributed by atoms with Gasteiger partial charge in [-0.2, -0.15) is 0 Å². The molecule has 3 heterocycles. The van der Waals surface area contributed by atoms with Gasteiger partial charge in [-0.3, -0.25) is 13.9 Å². The number of hydrogen-bond donors (Lipinski definition) is 1. The quantitative estimate of drug-likeness (QED) is 0.576. The zero-order valence-corrected chi connectivity index (χ0v) is 16.7. The summed E-state index contributed by atoms with van der Waals surface area (Å²) in [7, 11) is 1.49. The molecule has 0 amide bonds. The largest absolute Gasteiger partial charge is 0.381 e. The Morgan fingerprint density at radius 1 is 1.14 bits per heavy atom. The number of aliphatic hydroxyl groups excluding tert-OH is 1. The molecule has 3 aromatic heterocycles. The Morgan fingerprint density at radius 3 is 2.64 bits per heavy atom. The van der Waals surface area contributed by atoms with Crippen molar-refractivity contribution >= 4 is 32.5 Å². The van der Waals surface area contributed by atoms with Crippen LogP contribution in [0.2, 0.25) is 0 Å². The molecule has 0 spiro atoms. The van der Waals surface area contributed by atoms with Gasteiger partial charge in [-0.05, 0) is 24.1 Å². The van der Waals surface area contributed by atoms with Crippen LogP contribution < -0.4 is 11.2 Å². The highest BCUT2D eigenvalue weighted by Crippen LogP contribution is 2.31. The maximum absolute atomic E-state index is 12.6. The van der Waals surface area contributed by atoms with Gasteiger partial charge in [0.15, 0.2) is 0 Å². The van der Waals surface area contributed by atoms with Crippen molar-refractivity contribution in [2.45, 2.75) is 26.5 Å². The Bertz CT molecular complexity index is 1300. The second-order valence-corrected chi connectivity index (χ2v) is 8.41. The Balaban J connectivity index is 1.87. The molecule has 0 aliphatic carbocycles. The van der Waals surface area contributed by atoms with Crippen LogP contribution in [0.1, 0.15) is 30.5 Å². The van der Waals surface area contributed by atoms with E-state index < -0.39 is 6.10 Å². The Hall–Kier alpha value is -2.77. The number of fused-ring (bicyclic) bond motifs is 2. The van der Waals surface area contributed by atoms with E-state index in [0.29, 0.717) is 27.3 Å². The Kier molecular flexibility index (Phi) is 4.64. The minimum absolute atomic E-state index is 0.246. The van der Waals surface area contributed by atoms with Crippen LogP contribution in [0, 0.1) is 5.92 Å². The summed E-state index contributed by atoms with van der Waals surface area (Å²) in [5, 5.41) is 12.3. The van der Waals surface area contributed by atoms with E-state index in [2.05, 4.69) is 4.98 Å². The fraction of sp³-hybridized carbons (Fsp3) is 0.286. The summed E-state index contributed by atoms with van der Waals surface area (Å²) in [6, 6.07) is 13.1. The van der Waals surface area contributed by atoms with E-state index in [0.717, 1.165) is 15.5 Å². The van der Waals surface area contributed by atoms with Gasteiger partial charge in [0.2, 0.25) is 0 Å². The SMILES string of the molecule is CC(C)Cn1c(=O)n(C)c(=O)c2cc(C(O)c3ccc4ccccc4n3)sc21. The maximum Gasteiger partial charge on any atom is 0.331 e. The molecule has 0 radical (unpaired) electrons. The molecule has 0 saturated heterocycles. The molecule has 0 saturated carbocycles. The van der Waals surface area contributed by atoms with Gasteiger partial charge in [0, 0.05) is 23.9 Å². The molecule has 1 atom stereocenters. The van der Waals surface area contributed by atoms with Crippen LogP contribution >= 0.6 is 11.3 Å². The van der Waals surface area contributed by atoms with Crippen LogP contribution in [0.3, 0.4) is 0 Å². The molecule has 1 N–H and O–H groups in total. The van der Waals surface area contributed by atoms with Crippen LogP contribution in [-0.4, -0.2) is 19.2 Å². The van der Waals surface area contributed by atoms with Crippen molar-refractivity contribution in [1.82, 2.24) is 14.1 Å². The number of nitrogens with zero attached hydrogens (tertiary/aromatic N) is 3. The molecule has 0 aliphatic heterocycles. The molecule has 0 aliphatic rings. The van der Waals surface area contributed by atoms with Crippen LogP contribution in [0.5, 0.6) is 0 Å². The topological polar surface area (TPSA) is 77.1 Å². The third kappa shape index (κ3) is 3.06. The van der Waals surface area contributed by atoms with E-state index in [-0.39, 0.29) is 17.2 Å². The zero-order valence-electron chi connectivity index (χ0n) is 15.9. The third-order valence-electron chi connectivity index (χ3n) is 4.75. The lowest BCUT2D eigenvalue weighted by Gasteiger charge is -2.11. The molecule has 0 fully saturated rings. The smallest absolute Gasteiger partial charge is 0.331 e. The first-order valence-electron chi connectivity index (χ1n) is 9.14. The van der Waals surface area contributed by atoms with Crippen molar-refractivity contribution in [3.05, 3.63) is 73.9 Å². The van der Waals surface area contributed by atoms with Gasteiger partial charge in [0.1, 0.15) is 10.9 Å². The van der Waals surface area contributed by atoms with E-state index in [4.69, 9.17) is 0 Å². The second kappa shape index (κ2) is 7.00. The molecule has 0 bridgehead atoms. The van der Waals surface area contributed by atoms with E-state index in [9.17, 15) is 14.7 Å². The monoisotopic (exact) mass is 395 g/mol. The minimum atomic E-state index is -0.964. The number of aliphatic hydroxyl groups is 1. The van der Waals surface area contributed by atoms with Gasteiger partial charge in [-0.1, -0.05) is 38.1 Å². The molecule has 1 aromatic carbocycles. The van der Waals surface area contributed by atoms with Crippen molar-refractivity contribution in [2.24, 2.45) is 13.0 Å². The molecule has 7 heteroatoms. The van der Waals surface area contributed by atoms with Crippen molar-refractivity contribution in [2.75, 3.05) is 0 Å². The minimum Gasteiger partial charge on any atom is -0.381 e. The van der Waals surface area contributed by atoms with Crippen LogP contribution in [0.25, 0.3) is 21.1 Å². The number of aromatic nitrogens is 3. The average molecular weight is 395 g/mol. The molecule has 4 aromatic rings. The number of hydrogen-bond acceptors (Lipinski definition) is 5. The molecular weight excluding hydrogens is 374 g/mol. The summed E-state index contributed by atoms with van der Waals surface area (Å²) in [4.78, 5) is 30.9. The normalized spacial score (nSPS) is 12.9. The molecule has 28 heavy (non-hydrogen) atoms. The lowest BCUT2D eigenvalue weighted by Crippen LogP contribution is -2.38. The van der Waals surface area contributed by atoms with Crippen LogP contribution in [-0.2, 0) is 13.6 Å². The number of rotatable bonds is 4. The third-order valence-corrected chi connectivity index (χ3v) is 5.96. The lowest BCUT2D eigenvalue weighted by molar-refractivity contribution is 0.219. The fourth-order valence-electron chi connectivity index (χ4n) is 3.33. The van der Waals surface area contributed by atoms with E-state index in [1.165, 1.54) is 18.4 Å². The first-order valence-corrected chi connectivity index (χ1v) is 9.95.